The predicted molar refractivity (Wildman–Crippen MR) is 91.2 cm³/mol. The van der Waals surface area contributed by atoms with E-state index in [1.807, 2.05) is 42.6 Å². The van der Waals surface area contributed by atoms with Crippen LogP contribution in [-0.4, -0.2) is 13.1 Å². The van der Waals surface area contributed by atoms with Crippen molar-refractivity contribution in [3.8, 4) is 11.3 Å². The predicted octanol–water partition coefficient (Wildman–Crippen LogP) is 4.49. The normalized spacial score (nSPS) is 18.4. The molecule has 1 heterocycles. The summed E-state index contributed by atoms with van der Waals surface area (Å²) in [6.07, 6.45) is 2.09. The molecule has 2 heteroatoms. The molecule has 0 aliphatic heterocycles. The minimum absolute atomic E-state index is 0.200. The molecule has 0 amide bonds. The third kappa shape index (κ3) is 3.57. The Kier molecular flexibility index (Phi) is 3.06. The molecule has 0 spiro atoms. The number of benzene rings is 1. The number of hydrogen-bond acceptors (Lipinski definition) is 1. The van der Waals surface area contributed by atoms with Gasteiger partial charge in [0.2, 0.25) is 0 Å². The second-order valence-electron chi connectivity index (χ2n) is 6.30. The van der Waals surface area contributed by atoms with Crippen molar-refractivity contribution in [3.63, 3.8) is 0 Å². The summed E-state index contributed by atoms with van der Waals surface area (Å²) in [6.45, 7) is 5.82. The van der Waals surface area contributed by atoms with Crippen LogP contribution in [0.2, 0.25) is 19.6 Å². The third-order valence-corrected chi connectivity index (χ3v) is 5.39. The van der Waals surface area contributed by atoms with Gasteiger partial charge < -0.3 is 0 Å². The van der Waals surface area contributed by atoms with Crippen molar-refractivity contribution in [2.45, 2.75) is 39.8 Å². The Balaban J connectivity index is 2.54. The van der Waals surface area contributed by atoms with Gasteiger partial charge in [0.05, 0.1) is 13.8 Å². The van der Waals surface area contributed by atoms with Gasteiger partial charge in [-0.3, -0.25) is 4.98 Å². The molecule has 0 N–H and O–H groups in total. The topological polar surface area (TPSA) is 12.9 Å². The van der Waals surface area contributed by atoms with Crippen molar-refractivity contribution in [1.29, 1.82) is 0 Å². The minimum atomic E-state index is -2.32. The third-order valence-electron chi connectivity index (χ3n) is 3.32. The van der Waals surface area contributed by atoms with Crippen molar-refractivity contribution >= 4 is 13.3 Å². The fourth-order valence-electron chi connectivity index (χ4n) is 2.37. The molecule has 0 saturated carbocycles. The fourth-order valence-corrected chi connectivity index (χ4v) is 3.95. The molecular weight excluding hydrogens is 258 g/mol. The van der Waals surface area contributed by atoms with E-state index in [1.54, 1.807) is 0 Å². The van der Waals surface area contributed by atoms with Gasteiger partial charge >= 0.3 is 0 Å². The lowest BCUT2D eigenvalue weighted by molar-refractivity contribution is 0.649. The van der Waals surface area contributed by atoms with Crippen LogP contribution in [0.15, 0.2) is 42.6 Å². The highest BCUT2D eigenvalue weighted by atomic mass is 28.3. The zero-order valence-corrected chi connectivity index (χ0v) is 13.7. The van der Waals surface area contributed by atoms with E-state index in [4.69, 9.17) is 5.48 Å². The molecule has 0 aliphatic carbocycles. The summed E-state index contributed by atoms with van der Waals surface area (Å²) >= 11 is 0. The molecule has 1 aromatic carbocycles. The Morgan fingerprint density at radius 2 is 1.95 bits per heavy atom. The van der Waals surface area contributed by atoms with E-state index in [0.717, 1.165) is 22.0 Å². The Hall–Kier alpha value is -1.41. The first kappa shape index (κ1) is 10.3. The molecule has 2 rings (SSSR count). The lowest BCUT2D eigenvalue weighted by atomic mass is 10.0. The first-order valence-electron chi connectivity index (χ1n) is 8.97. The van der Waals surface area contributed by atoms with E-state index in [9.17, 15) is 0 Å². The SMILES string of the molecule is [2H]C([2H])([2H])C([2H])(C)Cc1cc(-c2ccccc2)ncc1[Si](C)(C)C. The lowest BCUT2D eigenvalue weighted by Gasteiger charge is -2.22. The van der Waals surface area contributed by atoms with Crippen molar-refractivity contribution in [1.82, 2.24) is 4.98 Å². The Labute approximate surface area is 129 Å². The molecule has 2 aromatic rings. The first-order chi connectivity index (χ1) is 10.9. The van der Waals surface area contributed by atoms with Crippen LogP contribution in [0.4, 0.5) is 0 Å². The molecule has 0 bridgehead atoms. The molecule has 1 atom stereocenters. The van der Waals surface area contributed by atoms with E-state index in [-0.39, 0.29) is 6.42 Å². The molecule has 0 radical (unpaired) electrons. The highest BCUT2D eigenvalue weighted by molar-refractivity contribution is 6.89. The molecule has 0 fully saturated rings. The molecule has 20 heavy (non-hydrogen) atoms. The number of nitrogens with zero attached hydrogens (tertiary/aromatic N) is 1. The number of aromatic nitrogens is 1. The second kappa shape index (κ2) is 5.92. The van der Waals surface area contributed by atoms with Crippen molar-refractivity contribution < 1.29 is 5.48 Å². The summed E-state index contributed by atoms with van der Waals surface area (Å²) in [5.74, 6) is -1.52. The van der Waals surface area contributed by atoms with Gasteiger partial charge in [0.25, 0.3) is 0 Å². The van der Waals surface area contributed by atoms with Gasteiger partial charge in [0, 0.05) is 17.2 Å². The van der Waals surface area contributed by atoms with E-state index >= 15 is 0 Å². The number of rotatable bonds is 4. The highest BCUT2D eigenvalue weighted by Crippen LogP contribution is 2.20. The lowest BCUT2D eigenvalue weighted by Crippen LogP contribution is -2.40. The van der Waals surface area contributed by atoms with E-state index in [0.29, 0.717) is 0 Å². The Morgan fingerprint density at radius 1 is 1.25 bits per heavy atom. The zero-order valence-electron chi connectivity index (χ0n) is 16.7. The Morgan fingerprint density at radius 3 is 2.55 bits per heavy atom. The standard InChI is InChI=1S/C18H25NSi/c1-14(2)11-16-12-17(15-9-7-6-8-10-15)19-13-18(16)20(3,4)5/h6-10,12-14H,11H2,1-5H3/i1D3,14D. The quantitative estimate of drug-likeness (QED) is 0.755. The van der Waals surface area contributed by atoms with Gasteiger partial charge in [-0.1, -0.05) is 63.7 Å². The monoisotopic (exact) mass is 287 g/mol. The minimum Gasteiger partial charge on any atom is -0.256 e. The molecule has 0 aliphatic rings. The number of pyridine rings is 1. The van der Waals surface area contributed by atoms with Gasteiger partial charge in [0.1, 0.15) is 0 Å². The van der Waals surface area contributed by atoms with E-state index in [1.165, 1.54) is 6.92 Å². The molecule has 106 valence electrons. The molecule has 0 saturated heterocycles. The summed E-state index contributed by atoms with van der Waals surface area (Å²) in [5, 5.41) is 1.13. The second-order valence-corrected chi connectivity index (χ2v) is 11.3. The van der Waals surface area contributed by atoms with Gasteiger partial charge in [-0.05, 0) is 29.1 Å². The first-order valence-corrected chi connectivity index (χ1v) is 10.5. The summed E-state index contributed by atoms with van der Waals surface area (Å²) < 4.78 is 31.3. The molecule has 1 aromatic heterocycles. The van der Waals surface area contributed by atoms with E-state index in [2.05, 4.69) is 24.6 Å². The van der Waals surface area contributed by atoms with Crippen LogP contribution < -0.4 is 5.19 Å². The number of hydrogen-bond donors (Lipinski definition) is 0. The largest absolute Gasteiger partial charge is 0.256 e. The molecule has 1 nitrogen and oxygen atoms in total. The average Bonchev–Trinajstić information content (AvgIpc) is 2.45. The maximum absolute atomic E-state index is 8.32. The van der Waals surface area contributed by atoms with Crippen molar-refractivity contribution in [2.24, 2.45) is 5.89 Å². The highest BCUT2D eigenvalue weighted by Gasteiger charge is 2.21. The van der Waals surface area contributed by atoms with Crippen LogP contribution in [0.3, 0.4) is 0 Å². The summed E-state index contributed by atoms with van der Waals surface area (Å²) in [4.78, 5) is 4.60. The summed E-state index contributed by atoms with van der Waals surface area (Å²) in [6, 6.07) is 11.8. The van der Waals surface area contributed by atoms with E-state index < -0.39 is 20.8 Å². The summed E-state index contributed by atoms with van der Waals surface area (Å²) in [5.41, 5.74) is 2.77. The summed E-state index contributed by atoms with van der Waals surface area (Å²) in [7, 11) is -1.69. The van der Waals surface area contributed by atoms with Gasteiger partial charge in [-0.15, -0.1) is 0 Å². The van der Waals surface area contributed by atoms with Crippen LogP contribution in [0.5, 0.6) is 0 Å². The van der Waals surface area contributed by atoms with Crippen molar-refractivity contribution in [2.75, 3.05) is 0 Å². The van der Waals surface area contributed by atoms with Crippen LogP contribution in [0.25, 0.3) is 11.3 Å². The van der Waals surface area contributed by atoms with Crippen LogP contribution in [-0.2, 0) is 6.42 Å². The maximum atomic E-state index is 8.32. The van der Waals surface area contributed by atoms with Gasteiger partial charge in [0.15, 0.2) is 0 Å². The molecular formula is C18H25NSi. The van der Waals surface area contributed by atoms with Crippen LogP contribution in [0, 0.1) is 5.89 Å². The average molecular weight is 288 g/mol. The van der Waals surface area contributed by atoms with Gasteiger partial charge in [-0.25, -0.2) is 0 Å². The van der Waals surface area contributed by atoms with Gasteiger partial charge in [-0.2, -0.15) is 0 Å². The van der Waals surface area contributed by atoms with Crippen molar-refractivity contribution in [3.05, 3.63) is 48.2 Å². The fraction of sp³-hybridized carbons (Fsp3) is 0.389. The Bertz CT molecular complexity index is 703. The smallest absolute Gasteiger partial charge is 0.0799 e. The maximum Gasteiger partial charge on any atom is 0.0799 e. The zero-order chi connectivity index (χ0) is 18.2. The molecule has 1 unspecified atom stereocenters. The van der Waals surface area contributed by atoms with Crippen LogP contribution >= 0.6 is 0 Å². The van der Waals surface area contributed by atoms with Crippen LogP contribution in [0.1, 0.15) is 24.8 Å².